The lowest BCUT2D eigenvalue weighted by Crippen LogP contribution is -2.53. The third-order valence-corrected chi connectivity index (χ3v) is 5.68. The molecule has 1 aromatic carbocycles. The van der Waals surface area contributed by atoms with Gasteiger partial charge < -0.3 is 15.5 Å². The number of carbonyl (C=O) groups excluding carboxylic acids is 1. The highest BCUT2D eigenvalue weighted by molar-refractivity contribution is 5.78. The van der Waals surface area contributed by atoms with Gasteiger partial charge in [-0.05, 0) is 64.3 Å². The van der Waals surface area contributed by atoms with Crippen LogP contribution < -0.4 is 10.6 Å². The first-order chi connectivity index (χ1) is 11.3. The molecule has 1 aliphatic carbocycles. The molecule has 0 bridgehead atoms. The Morgan fingerprint density at radius 2 is 1.71 bits per heavy atom. The number of halogens is 2. The van der Waals surface area contributed by atoms with E-state index in [1.165, 1.54) is 12.1 Å². The van der Waals surface area contributed by atoms with Gasteiger partial charge in [0.2, 0.25) is 0 Å². The number of nitrogens with zero attached hydrogens (tertiary/aromatic N) is 1. The fraction of sp³-hybridized carbons (Fsp3) is 0.611. The number of benzene rings is 1. The van der Waals surface area contributed by atoms with E-state index in [1.807, 2.05) is 25.8 Å². The van der Waals surface area contributed by atoms with Crippen molar-refractivity contribution in [3.63, 3.8) is 0 Å². The van der Waals surface area contributed by atoms with E-state index in [9.17, 15) is 13.6 Å². The van der Waals surface area contributed by atoms with Crippen LogP contribution in [0.3, 0.4) is 0 Å². The van der Waals surface area contributed by atoms with Crippen LogP contribution in [0.2, 0.25) is 0 Å². The summed E-state index contributed by atoms with van der Waals surface area (Å²) in [7, 11) is 1.83. The van der Waals surface area contributed by atoms with Crippen molar-refractivity contribution in [3.8, 4) is 0 Å². The zero-order chi connectivity index (χ0) is 17.5. The van der Waals surface area contributed by atoms with Crippen LogP contribution in [-0.4, -0.2) is 36.1 Å². The predicted octanol–water partition coefficient (Wildman–Crippen LogP) is 3.13. The molecule has 0 unspecified atom stereocenters. The predicted molar refractivity (Wildman–Crippen MR) is 88.7 cm³/mol. The maximum absolute atomic E-state index is 13.6. The summed E-state index contributed by atoms with van der Waals surface area (Å²) in [5.74, 6) is -1.11. The second-order valence-electron chi connectivity index (χ2n) is 7.42. The smallest absolute Gasteiger partial charge is 0.318 e. The molecule has 0 aromatic heterocycles. The van der Waals surface area contributed by atoms with E-state index in [0.717, 1.165) is 31.7 Å². The van der Waals surface area contributed by atoms with Gasteiger partial charge in [0.05, 0.1) is 5.54 Å². The SMILES string of the molecule is CNC1(c2cc(F)cc(F)c2)CCC2(CC1)CN(C(C)C)C(=O)N2. The molecule has 2 fully saturated rings. The third kappa shape index (κ3) is 2.88. The molecule has 6 heteroatoms. The zero-order valence-electron chi connectivity index (χ0n) is 14.5. The van der Waals surface area contributed by atoms with Crippen molar-refractivity contribution in [1.29, 1.82) is 0 Å². The van der Waals surface area contributed by atoms with Crippen LogP contribution in [0.15, 0.2) is 18.2 Å². The summed E-state index contributed by atoms with van der Waals surface area (Å²) < 4.78 is 27.3. The van der Waals surface area contributed by atoms with Crippen molar-refractivity contribution < 1.29 is 13.6 Å². The van der Waals surface area contributed by atoms with E-state index in [4.69, 9.17) is 0 Å². The molecule has 0 radical (unpaired) electrons. The quantitative estimate of drug-likeness (QED) is 0.890. The van der Waals surface area contributed by atoms with Crippen molar-refractivity contribution in [3.05, 3.63) is 35.4 Å². The molecule has 2 aliphatic rings. The first-order valence-electron chi connectivity index (χ1n) is 8.53. The van der Waals surface area contributed by atoms with Gasteiger partial charge >= 0.3 is 6.03 Å². The summed E-state index contributed by atoms with van der Waals surface area (Å²) in [5.41, 5.74) is -0.0417. The van der Waals surface area contributed by atoms with Crippen molar-refractivity contribution in [1.82, 2.24) is 15.5 Å². The van der Waals surface area contributed by atoms with Gasteiger partial charge in [-0.2, -0.15) is 0 Å². The highest BCUT2D eigenvalue weighted by Gasteiger charge is 2.49. The molecule has 2 N–H and O–H groups in total. The molecule has 24 heavy (non-hydrogen) atoms. The van der Waals surface area contributed by atoms with Crippen LogP contribution in [0.25, 0.3) is 0 Å². The number of amides is 2. The Morgan fingerprint density at radius 1 is 1.12 bits per heavy atom. The lowest BCUT2D eigenvalue weighted by Gasteiger charge is -2.45. The largest absolute Gasteiger partial charge is 0.331 e. The number of nitrogens with one attached hydrogen (secondary N) is 2. The van der Waals surface area contributed by atoms with Gasteiger partial charge in [0, 0.05) is 24.2 Å². The fourth-order valence-corrected chi connectivity index (χ4v) is 4.10. The lowest BCUT2D eigenvalue weighted by atomic mass is 9.69. The highest BCUT2D eigenvalue weighted by Crippen LogP contribution is 2.43. The molecular formula is C18H25F2N3O. The van der Waals surface area contributed by atoms with Crippen molar-refractivity contribution in [2.75, 3.05) is 13.6 Å². The topological polar surface area (TPSA) is 44.4 Å². The molecule has 1 aromatic rings. The maximum atomic E-state index is 13.6. The summed E-state index contributed by atoms with van der Waals surface area (Å²) >= 11 is 0. The van der Waals surface area contributed by atoms with Gasteiger partial charge in [-0.3, -0.25) is 0 Å². The normalized spacial score (nSPS) is 30.2. The number of hydrogen-bond donors (Lipinski definition) is 2. The van der Waals surface area contributed by atoms with E-state index in [0.29, 0.717) is 12.1 Å². The van der Waals surface area contributed by atoms with E-state index in [-0.39, 0.29) is 17.6 Å². The molecule has 2 amide bonds. The van der Waals surface area contributed by atoms with E-state index in [1.54, 1.807) is 0 Å². The molecule has 1 spiro atoms. The average Bonchev–Trinajstić information content (AvgIpc) is 2.84. The van der Waals surface area contributed by atoms with Crippen LogP contribution in [0, 0.1) is 11.6 Å². The molecule has 4 nitrogen and oxygen atoms in total. The standard InChI is InChI=1S/C18H25F2N3O/c1-12(2)23-11-17(22-16(23)24)4-6-18(21-3,7-5-17)13-8-14(19)10-15(20)9-13/h8-10,12,21H,4-7,11H2,1-3H3,(H,22,24). The second-order valence-corrected chi connectivity index (χ2v) is 7.42. The molecular weight excluding hydrogens is 312 g/mol. The average molecular weight is 337 g/mol. The number of urea groups is 1. The Hall–Kier alpha value is -1.69. The number of rotatable bonds is 3. The first kappa shape index (κ1) is 17.1. The van der Waals surface area contributed by atoms with Crippen molar-refractivity contribution >= 4 is 6.03 Å². The summed E-state index contributed by atoms with van der Waals surface area (Å²) in [6.45, 7) is 4.71. The minimum atomic E-state index is -0.555. The fourth-order valence-electron chi connectivity index (χ4n) is 4.10. The van der Waals surface area contributed by atoms with Crippen LogP contribution in [0.4, 0.5) is 13.6 Å². The highest BCUT2D eigenvalue weighted by atomic mass is 19.1. The molecule has 1 saturated carbocycles. The van der Waals surface area contributed by atoms with Gasteiger partial charge in [0.15, 0.2) is 0 Å². The van der Waals surface area contributed by atoms with Crippen LogP contribution in [0.5, 0.6) is 0 Å². The summed E-state index contributed by atoms with van der Waals surface area (Å²) in [6.07, 6.45) is 3.00. The zero-order valence-corrected chi connectivity index (χ0v) is 14.5. The number of hydrogen-bond acceptors (Lipinski definition) is 2. The Morgan fingerprint density at radius 3 is 2.17 bits per heavy atom. The minimum Gasteiger partial charge on any atom is -0.331 e. The second kappa shape index (κ2) is 5.99. The third-order valence-electron chi connectivity index (χ3n) is 5.68. The molecule has 1 saturated heterocycles. The van der Waals surface area contributed by atoms with Gasteiger partial charge in [-0.25, -0.2) is 13.6 Å². The lowest BCUT2D eigenvalue weighted by molar-refractivity contribution is 0.153. The molecule has 1 aliphatic heterocycles. The summed E-state index contributed by atoms with van der Waals surface area (Å²) in [5, 5.41) is 6.43. The van der Waals surface area contributed by atoms with E-state index >= 15 is 0 Å². The molecule has 132 valence electrons. The minimum absolute atomic E-state index is 0.0150. The molecule has 1 heterocycles. The van der Waals surface area contributed by atoms with Gasteiger partial charge in [0.1, 0.15) is 11.6 Å². The molecule has 0 atom stereocenters. The maximum Gasteiger partial charge on any atom is 0.318 e. The van der Waals surface area contributed by atoms with E-state index < -0.39 is 17.2 Å². The monoisotopic (exact) mass is 337 g/mol. The Labute approximate surface area is 141 Å². The number of carbonyl (C=O) groups is 1. The van der Waals surface area contributed by atoms with Gasteiger partial charge in [-0.1, -0.05) is 0 Å². The Bertz CT molecular complexity index is 619. The van der Waals surface area contributed by atoms with Crippen molar-refractivity contribution in [2.45, 2.75) is 56.7 Å². The summed E-state index contributed by atoms with van der Waals surface area (Å²) in [6, 6.07) is 3.86. The Kier molecular flexibility index (Phi) is 4.28. The molecule has 3 rings (SSSR count). The van der Waals surface area contributed by atoms with Gasteiger partial charge in [-0.15, -0.1) is 0 Å². The van der Waals surface area contributed by atoms with Crippen molar-refractivity contribution in [2.24, 2.45) is 0 Å². The van der Waals surface area contributed by atoms with E-state index in [2.05, 4.69) is 10.6 Å². The van der Waals surface area contributed by atoms with Crippen LogP contribution in [0.1, 0.15) is 45.1 Å². The van der Waals surface area contributed by atoms with Crippen LogP contribution >= 0.6 is 0 Å². The Balaban J connectivity index is 1.81. The van der Waals surface area contributed by atoms with Crippen LogP contribution in [-0.2, 0) is 5.54 Å². The first-order valence-corrected chi connectivity index (χ1v) is 8.53. The van der Waals surface area contributed by atoms with Gasteiger partial charge in [0.25, 0.3) is 0 Å². The summed E-state index contributed by atoms with van der Waals surface area (Å²) in [4.78, 5) is 14.0.